The molecule has 1 heterocycles. The average molecular weight is 477 g/mol. The highest BCUT2D eigenvalue weighted by atomic mass is 32.2. The summed E-state index contributed by atoms with van der Waals surface area (Å²) < 4.78 is 33.1. The third-order valence-corrected chi connectivity index (χ3v) is 8.04. The second-order valence-electron chi connectivity index (χ2n) is 8.03. The molecule has 0 bridgehead atoms. The molecule has 1 aromatic heterocycles. The van der Waals surface area contributed by atoms with Crippen molar-refractivity contribution >= 4 is 27.5 Å². The number of nitriles is 1. The summed E-state index contributed by atoms with van der Waals surface area (Å²) in [6, 6.07) is 6.78. The predicted octanol–water partition coefficient (Wildman–Crippen LogP) is 4.14. The standard InChI is InChI=1S/C22H28N4O4S2/c1-4-25-32(28,29)20-11-15(12-23)5-10-18(20)19-13-24-21(31-19)16-6-8-17(9-7-16)26-22(27)30-14(2)3/h5,10-11,13-14,16-17,25H,4,6-9H2,1-3H3,(H,26,27)/t16-,17-. The zero-order valence-electron chi connectivity index (χ0n) is 18.4. The van der Waals surface area contributed by atoms with E-state index in [-0.39, 0.29) is 41.2 Å². The molecule has 0 unspecified atom stereocenters. The minimum absolute atomic E-state index is 0.0881. The summed E-state index contributed by atoms with van der Waals surface area (Å²) in [6.45, 7) is 5.61. The van der Waals surface area contributed by atoms with Crippen LogP contribution in [-0.4, -0.2) is 38.2 Å². The lowest BCUT2D eigenvalue weighted by Gasteiger charge is -2.28. The molecule has 1 amide bonds. The first kappa shape index (κ1) is 24.2. The Bertz CT molecular complexity index is 1100. The molecule has 1 aliphatic carbocycles. The van der Waals surface area contributed by atoms with Crippen LogP contribution in [-0.2, 0) is 14.8 Å². The SMILES string of the molecule is CCNS(=O)(=O)c1cc(C#N)ccc1-c1cnc([C@H]2CC[C@H](NC(=O)OC(C)C)CC2)s1. The van der Waals surface area contributed by atoms with Gasteiger partial charge in [-0.3, -0.25) is 0 Å². The van der Waals surface area contributed by atoms with Crippen molar-refractivity contribution in [3.63, 3.8) is 0 Å². The molecule has 8 nitrogen and oxygen atoms in total. The number of nitrogens with zero attached hydrogens (tertiary/aromatic N) is 2. The van der Waals surface area contributed by atoms with Gasteiger partial charge in [0.15, 0.2) is 0 Å². The first-order valence-electron chi connectivity index (χ1n) is 10.7. The Morgan fingerprint density at radius 1 is 1.31 bits per heavy atom. The highest BCUT2D eigenvalue weighted by Crippen LogP contribution is 2.39. The van der Waals surface area contributed by atoms with E-state index >= 15 is 0 Å². The van der Waals surface area contributed by atoms with Crippen molar-refractivity contribution < 1.29 is 17.9 Å². The Morgan fingerprint density at radius 3 is 2.66 bits per heavy atom. The normalized spacial score (nSPS) is 18.8. The molecular weight excluding hydrogens is 448 g/mol. The molecule has 1 aromatic carbocycles. The van der Waals surface area contributed by atoms with E-state index in [2.05, 4.69) is 15.0 Å². The predicted molar refractivity (Wildman–Crippen MR) is 123 cm³/mol. The van der Waals surface area contributed by atoms with E-state index in [9.17, 15) is 18.5 Å². The summed E-state index contributed by atoms with van der Waals surface area (Å²) in [5, 5.41) is 13.1. The number of carbonyl (C=O) groups is 1. The Morgan fingerprint density at radius 2 is 2.03 bits per heavy atom. The second kappa shape index (κ2) is 10.4. The van der Waals surface area contributed by atoms with Gasteiger partial charge in [-0.25, -0.2) is 22.9 Å². The van der Waals surface area contributed by atoms with Gasteiger partial charge in [0.25, 0.3) is 0 Å². The molecule has 32 heavy (non-hydrogen) atoms. The van der Waals surface area contributed by atoms with Gasteiger partial charge in [-0.15, -0.1) is 11.3 Å². The first-order chi connectivity index (χ1) is 15.2. The maximum absolute atomic E-state index is 12.7. The Hall–Kier alpha value is -2.48. The van der Waals surface area contributed by atoms with Crippen LogP contribution >= 0.6 is 11.3 Å². The molecule has 10 heteroatoms. The van der Waals surface area contributed by atoms with Gasteiger partial charge in [0.1, 0.15) is 0 Å². The van der Waals surface area contributed by atoms with E-state index in [4.69, 9.17) is 4.74 Å². The minimum atomic E-state index is -3.74. The summed E-state index contributed by atoms with van der Waals surface area (Å²) in [4.78, 5) is 17.2. The summed E-state index contributed by atoms with van der Waals surface area (Å²) in [7, 11) is -3.74. The van der Waals surface area contributed by atoms with Crippen LogP contribution in [0.15, 0.2) is 29.3 Å². The highest BCUT2D eigenvalue weighted by molar-refractivity contribution is 7.89. The summed E-state index contributed by atoms with van der Waals surface area (Å²) in [5.41, 5.74) is 0.831. The topological polar surface area (TPSA) is 121 Å². The number of hydrogen-bond acceptors (Lipinski definition) is 7. The number of hydrogen-bond donors (Lipinski definition) is 2. The monoisotopic (exact) mass is 476 g/mol. The summed E-state index contributed by atoms with van der Waals surface area (Å²) >= 11 is 1.48. The van der Waals surface area contributed by atoms with E-state index in [0.717, 1.165) is 35.6 Å². The van der Waals surface area contributed by atoms with Crippen molar-refractivity contribution in [3.05, 3.63) is 35.0 Å². The van der Waals surface area contributed by atoms with Crippen molar-refractivity contribution in [2.24, 2.45) is 0 Å². The molecule has 2 aromatic rings. The zero-order valence-corrected chi connectivity index (χ0v) is 20.1. The van der Waals surface area contributed by atoms with Crippen LogP contribution in [0.4, 0.5) is 4.79 Å². The molecular formula is C22H28N4O4S2. The first-order valence-corrected chi connectivity index (χ1v) is 13.0. The van der Waals surface area contributed by atoms with Gasteiger partial charge in [-0.05, 0) is 51.7 Å². The fourth-order valence-electron chi connectivity index (χ4n) is 3.79. The van der Waals surface area contributed by atoms with Crippen LogP contribution in [0, 0.1) is 11.3 Å². The van der Waals surface area contributed by atoms with Crippen LogP contribution in [0.3, 0.4) is 0 Å². The van der Waals surface area contributed by atoms with Crippen LogP contribution in [0.25, 0.3) is 10.4 Å². The molecule has 2 N–H and O–H groups in total. The number of ether oxygens (including phenoxy) is 1. The maximum Gasteiger partial charge on any atom is 0.407 e. The quantitative estimate of drug-likeness (QED) is 0.619. The number of nitrogens with one attached hydrogen (secondary N) is 2. The number of thiazole rings is 1. The maximum atomic E-state index is 12.7. The number of alkyl carbamates (subject to hydrolysis) is 1. The fraction of sp³-hybridized carbons (Fsp3) is 0.500. The number of benzene rings is 1. The Balaban J connectivity index is 1.75. The second-order valence-corrected chi connectivity index (χ2v) is 10.8. The number of carbonyl (C=O) groups excluding carboxylic acids is 1. The van der Waals surface area contributed by atoms with Gasteiger partial charge in [0.2, 0.25) is 10.0 Å². The van der Waals surface area contributed by atoms with Crippen molar-refractivity contribution in [2.45, 2.75) is 69.4 Å². The highest BCUT2D eigenvalue weighted by Gasteiger charge is 2.27. The summed E-state index contributed by atoms with van der Waals surface area (Å²) in [6.07, 6.45) is 4.62. The molecule has 0 radical (unpaired) electrons. The van der Waals surface area contributed by atoms with E-state index in [0.29, 0.717) is 5.56 Å². The van der Waals surface area contributed by atoms with E-state index in [1.807, 2.05) is 19.9 Å². The van der Waals surface area contributed by atoms with Crippen molar-refractivity contribution in [3.8, 4) is 16.5 Å². The van der Waals surface area contributed by atoms with E-state index in [1.54, 1.807) is 25.3 Å². The van der Waals surface area contributed by atoms with Gasteiger partial charge < -0.3 is 10.1 Å². The molecule has 0 spiro atoms. The lowest BCUT2D eigenvalue weighted by Crippen LogP contribution is -2.38. The number of sulfonamides is 1. The molecule has 3 rings (SSSR count). The molecule has 0 aliphatic heterocycles. The summed E-state index contributed by atoms with van der Waals surface area (Å²) in [5.74, 6) is 0.264. The van der Waals surface area contributed by atoms with Crippen LogP contribution < -0.4 is 10.0 Å². The molecule has 1 aliphatic rings. The fourth-order valence-corrected chi connectivity index (χ4v) is 6.26. The lowest BCUT2D eigenvalue weighted by molar-refractivity contribution is 0.109. The minimum Gasteiger partial charge on any atom is -0.447 e. The number of amides is 1. The Kier molecular flexibility index (Phi) is 7.87. The van der Waals surface area contributed by atoms with Gasteiger partial charge in [0.05, 0.1) is 32.5 Å². The van der Waals surface area contributed by atoms with Crippen LogP contribution in [0.1, 0.15) is 62.9 Å². The van der Waals surface area contributed by atoms with E-state index < -0.39 is 10.0 Å². The van der Waals surface area contributed by atoms with Crippen molar-refractivity contribution in [1.29, 1.82) is 5.26 Å². The number of rotatable bonds is 7. The zero-order chi connectivity index (χ0) is 23.3. The van der Waals surface area contributed by atoms with Crippen molar-refractivity contribution in [2.75, 3.05) is 6.54 Å². The van der Waals surface area contributed by atoms with Crippen molar-refractivity contribution in [1.82, 2.24) is 15.0 Å². The molecule has 0 saturated heterocycles. The Labute approximate surface area is 193 Å². The third kappa shape index (κ3) is 5.85. The molecule has 1 saturated carbocycles. The van der Waals surface area contributed by atoms with E-state index in [1.165, 1.54) is 17.4 Å². The molecule has 1 fully saturated rings. The van der Waals surface area contributed by atoms with Gasteiger partial charge >= 0.3 is 6.09 Å². The third-order valence-electron chi connectivity index (χ3n) is 5.26. The van der Waals surface area contributed by atoms with Gasteiger partial charge in [-0.1, -0.05) is 13.0 Å². The largest absolute Gasteiger partial charge is 0.447 e. The smallest absolute Gasteiger partial charge is 0.407 e. The van der Waals surface area contributed by atoms with Crippen LogP contribution in [0.2, 0.25) is 0 Å². The van der Waals surface area contributed by atoms with Crippen LogP contribution in [0.5, 0.6) is 0 Å². The van der Waals surface area contributed by atoms with Gasteiger partial charge in [0, 0.05) is 30.3 Å². The molecule has 172 valence electrons. The lowest BCUT2D eigenvalue weighted by atomic mass is 9.86. The average Bonchev–Trinajstić information content (AvgIpc) is 3.23. The number of aromatic nitrogens is 1. The molecule has 0 atom stereocenters. The van der Waals surface area contributed by atoms with Gasteiger partial charge in [-0.2, -0.15) is 5.26 Å².